The van der Waals surface area contributed by atoms with Crippen molar-refractivity contribution in [1.82, 2.24) is 5.32 Å². The van der Waals surface area contributed by atoms with Crippen molar-refractivity contribution >= 4 is 29.1 Å². The maximum atomic E-state index is 12.0. The Morgan fingerprint density at radius 1 is 1.23 bits per heavy atom. The Labute approximate surface area is 140 Å². The number of hydrogen-bond donors (Lipinski definition) is 1. The summed E-state index contributed by atoms with van der Waals surface area (Å²) in [4.78, 5) is 12.0. The van der Waals surface area contributed by atoms with Gasteiger partial charge < -0.3 is 10.1 Å². The van der Waals surface area contributed by atoms with E-state index in [9.17, 15) is 4.79 Å². The standard InChI is InChI=1S/C17H17Cl2NO2/c1-11-5-3-4-6-16(11)22-10-17(21)20-12(2)14-8-7-13(18)9-15(14)19/h3-9,12H,10H2,1-2H3,(H,20,21). The maximum Gasteiger partial charge on any atom is 0.258 e. The molecule has 0 aliphatic rings. The molecule has 5 heteroatoms. The van der Waals surface area contributed by atoms with Gasteiger partial charge in [-0.15, -0.1) is 0 Å². The lowest BCUT2D eigenvalue weighted by molar-refractivity contribution is -0.123. The van der Waals surface area contributed by atoms with Gasteiger partial charge in [0.15, 0.2) is 6.61 Å². The monoisotopic (exact) mass is 337 g/mol. The minimum absolute atomic E-state index is 0.0413. The molecular weight excluding hydrogens is 321 g/mol. The summed E-state index contributed by atoms with van der Waals surface area (Å²) < 4.78 is 5.52. The number of halogens is 2. The Hall–Kier alpha value is -1.71. The SMILES string of the molecule is Cc1ccccc1OCC(=O)NC(C)c1ccc(Cl)cc1Cl. The molecule has 1 amide bonds. The lowest BCUT2D eigenvalue weighted by atomic mass is 10.1. The molecule has 116 valence electrons. The van der Waals surface area contributed by atoms with Crippen molar-refractivity contribution in [3.63, 3.8) is 0 Å². The molecule has 0 saturated carbocycles. The Kier molecular flexibility index (Phi) is 5.69. The number of rotatable bonds is 5. The molecule has 0 heterocycles. The third-order valence-corrected chi connectivity index (χ3v) is 3.82. The first-order valence-electron chi connectivity index (χ1n) is 6.90. The summed E-state index contributed by atoms with van der Waals surface area (Å²) in [5, 5.41) is 3.95. The van der Waals surface area contributed by atoms with Crippen molar-refractivity contribution in [2.45, 2.75) is 19.9 Å². The molecule has 2 aromatic rings. The van der Waals surface area contributed by atoms with E-state index in [1.165, 1.54) is 0 Å². The first-order valence-corrected chi connectivity index (χ1v) is 7.65. The number of hydrogen-bond acceptors (Lipinski definition) is 2. The van der Waals surface area contributed by atoms with Gasteiger partial charge in [0.1, 0.15) is 5.75 Å². The molecule has 22 heavy (non-hydrogen) atoms. The van der Waals surface area contributed by atoms with Crippen LogP contribution < -0.4 is 10.1 Å². The molecule has 2 aromatic carbocycles. The molecule has 0 fully saturated rings. The highest BCUT2D eigenvalue weighted by molar-refractivity contribution is 6.35. The predicted octanol–water partition coefficient (Wildman–Crippen LogP) is 4.56. The molecule has 1 unspecified atom stereocenters. The zero-order chi connectivity index (χ0) is 16.1. The number of carbonyl (C=O) groups excluding carboxylic acids is 1. The van der Waals surface area contributed by atoms with Crippen LogP contribution in [0.3, 0.4) is 0 Å². The van der Waals surface area contributed by atoms with Crippen LogP contribution in [0, 0.1) is 6.92 Å². The Morgan fingerprint density at radius 3 is 2.64 bits per heavy atom. The van der Waals surface area contributed by atoms with Gasteiger partial charge >= 0.3 is 0 Å². The smallest absolute Gasteiger partial charge is 0.258 e. The summed E-state index contributed by atoms with van der Waals surface area (Å²) in [6.07, 6.45) is 0. The van der Waals surface area contributed by atoms with Gasteiger partial charge in [0.2, 0.25) is 0 Å². The highest BCUT2D eigenvalue weighted by Gasteiger charge is 2.13. The summed E-state index contributed by atoms with van der Waals surface area (Å²) in [6.45, 7) is 3.75. The van der Waals surface area contributed by atoms with Crippen molar-refractivity contribution < 1.29 is 9.53 Å². The number of carbonyl (C=O) groups is 1. The lowest BCUT2D eigenvalue weighted by Crippen LogP contribution is -2.31. The van der Waals surface area contributed by atoms with Gasteiger partial charge in [0.05, 0.1) is 6.04 Å². The van der Waals surface area contributed by atoms with E-state index in [-0.39, 0.29) is 18.6 Å². The molecule has 0 aliphatic heterocycles. The predicted molar refractivity (Wildman–Crippen MR) is 89.7 cm³/mol. The van der Waals surface area contributed by atoms with E-state index in [2.05, 4.69) is 5.32 Å². The molecule has 1 N–H and O–H groups in total. The first kappa shape index (κ1) is 16.7. The zero-order valence-electron chi connectivity index (χ0n) is 12.4. The van der Waals surface area contributed by atoms with Gasteiger partial charge in [0.25, 0.3) is 5.91 Å². The molecule has 0 spiro atoms. The number of amides is 1. The molecule has 1 atom stereocenters. The van der Waals surface area contributed by atoms with Crippen LogP contribution in [0.1, 0.15) is 24.1 Å². The second-order valence-electron chi connectivity index (χ2n) is 5.01. The van der Waals surface area contributed by atoms with Crippen LogP contribution in [0.5, 0.6) is 5.75 Å². The van der Waals surface area contributed by atoms with E-state index in [4.69, 9.17) is 27.9 Å². The number of aryl methyl sites for hydroxylation is 1. The fraction of sp³-hybridized carbons (Fsp3) is 0.235. The van der Waals surface area contributed by atoms with Crippen LogP contribution in [0.2, 0.25) is 10.0 Å². The van der Waals surface area contributed by atoms with Gasteiger partial charge in [0, 0.05) is 10.0 Å². The van der Waals surface area contributed by atoms with E-state index >= 15 is 0 Å². The van der Waals surface area contributed by atoms with Gasteiger partial charge in [-0.2, -0.15) is 0 Å². The fourth-order valence-corrected chi connectivity index (χ4v) is 2.65. The van der Waals surface area contributed by atoms with Crippen LogP contribution in [-0.2, 0) is 4.79 Å². The highest BCUT2D eigenvalue weighted by Crippen LogP contribution is 2.26. The minimum Gasteiger partial charge on any atom is -0.484 e. The normalized spacial score (nSPS) is 11.8. The van der Waals surface area contributed by atoms with Crippen LogP contribution in [0.4, 0.5) is 0 Å². The van der Waals surface area contributed by atoms with Crippen LogP contribution in [0.15, 0.2) is 42.5 Å². The molecule has 0 bridgehead atoms. The van der Waals surface area contributed by atoms with Crippen LogP contribution >= 0.6 is 23.2 Å². The van der Waals surface area contributed by atoms with Gasteiger partial charge in [-0.1, -0.05) is 47.5 Å². The van der Waals surface area contributed by atoms with Crippen molar-refractivity contribution in [3.05, 3.63) is 63.6 Å². The first-order chi connectivity index (χ1) is 10.5. The third kappa shape index (κ3) is 4.39. The number of para-hydroxylation sites is 1. The van der Waals surface area contributed by atoms with Gasteiger partial charge in [-0.25, -0.2) is 0 Å². The molecule has 0 radical (unpaired) electrons. The van der Waals surface area contributed by atoms with Gasteiger partial charge in [-0.3, -0.25) is 4.79 Å². The minimum atomic E-state index is -0.224. The maximum absolute atomic E-state index is 12.0. The molecule has 0 aromatic heterocycles. The van der Waals surface area contributed by atoms with Crippen molar-refractivity contribution in [2.24, 2.45) is 0 Å². The van der Waals surface area contributed by atoms with Crippen LogP contribution in [0.25, 0.3) is 0 Å². The zero-order valence-corrected chi connectivity index (χ0v) is 13.9. The van der Waals surface area contributed by atoms with E-state index in [1.54, 1.807) is 18.2 Å². The number of ether oxygens (including phenoxy) is 1. The Morgan fingerprint density at radius 2 is 1.95 bits per heavy atom. The second-order valence-corrected chi connectivity index (χ2v) is 5.85. The summed E-state index contributed by atoms with van der Waals surface area (Å²) in [5.74, 6) is 0.497. The fourth-order valence-electron chi connectivity index (χ4n) is 2.08. The van der Waals surface area contributed by atoms with E-state index in [1.807, 2.05) is 38.1 Å². The van der Waals surface area contributed by atoms with E-state index < -0.39 is 0 Å². The van der Waals surface area contributed by atoms with Crippen molar-refractivity contribution in [1.29, 1.82) is 0 Å². The molecule has 0 aliphatic carbocycles. The van der Waals surface area contributed by atoms with Gasteiger partial charge in [-0.05, 0) is 43.2 Å². The van der Waals surface area contributed by atoms with E-state index in [0.29, 0.717) is 15.8 Å². The average Bonchev–Trinajstić information content (AvgIpc) is 2.46. The lowest BCUT2D eigenvalue weighted by Gasteiger charge is -2.16. The Balaban J connectivity index is 1.93. The summed E-state index contributed by atoms with van der Waals surface area (Å²) in [7, 11) is 0. The molecule has 0 saturated heterocycles. The summed E-state index contributed by atoms with van der Waals surface area (Å²) >= 11 is 12.0. The summed E-state index contributed by atoms with van der Waals surface area (Å²) in [6, 6.07) is 12.5. The second kappa shape index (κ2) is 7.52. The van der Waals surface area contributed by atoms with Crippen molar-refractivity contribution in [2.75, 3.05) is 6.61 Å². The highest BCUT2D eigenvalue weighted by atomic mass is 35.5. The van der Waals surface area contributed by atoms with E-state index in [0.717, 1.165) is 11.1 Å². The molecule has 2 rings (SSSR count). The topological polar surface area (TPSA) is 38.3 Å². The average molecular weight is 338 g/mol. The third-order valence-electron chi connectivity index (χ3n) is 3.26. The summed E-state index contributed by atoms with van der Waals surface area (Å²) in [5.41, 5.74) is 1.81. The largest absolute Gasteiger partial charge is 0.484 e. The van der Waals surface area contributed by atoms with Crippen molar-refractivity contribution in [3.8, 4) is 5.75 Å². The molecular formula is C17H17Cl2NO2. The number of benzene rings is 2. The molecule has 3 nitrogen and oxygen atoms in total. The van der Waals surface area contributed by atoms with Crippen LogP contribution in [-0.4, -0.2) is 12.5 Å². The number of nitrogens with one attached hydrogen (secondary N) is 1. The quantitative estimate of drug-likeness (QED) is 0.868. The Bertz CT molecular complexity index is 673.